The summed E-state index contributed by atoms with van der Waals surface area (Å²) in [6, 6.07) is 6.39. The van der Waals surface area contributed by atoms with Crippen LogP contribution >= 0.6 is 0 Å². The zero-order valence-corrected chi connectivity index (χ0v) is 10.4. The molecular formula is C14H21NO2. The van der Waals surface area contributed by atoms with Gasteiger partial charge in [-0.15, -0.1) is 0 Å². The summed E-state index contributed by atoms with van der Waals surface area (Å²) < 4.78 is 10.9. The van der Waals surface area contributed by atoms with Crippen molar-refractivity contribution in [3.05, 3.63) is 29.3 Å². The van der Waals surface area contributed by atoms with Gasteiger partial charge >= 0.3 is 0 Å². The van der Waals surface area contributed by atoms with Crippen LogP contribution in [0.5, 0.6) is 5.75 Å². The molecule has 1 aromatic carbocycles. The van der Waals surface area contributed by atoms with Crippen molar-refractivity contribution in [1.82, 2.24) is 0 Å². The summed E-state index contributed by atoms with van der Waals surface area (Å²) >= 11 is 0. The van der Waals surface area contributed by atoms with Crippen LogP contribution in [0.1, 0.15) is 24.0 Å². The van der Waals surface area contributed by atoms with Crippen molar-refractivity contribution in [3.63, 3.8) is 0 Å². The van der Waals surface area contributed by atoms with Crippen LogP contribution < -0.4 is 10.5 Å². The lowest BCUT2D eigenvalue weighted by Crippen LogP contribution is -2.31. The predicted molar refractivity (Wildman–Crippen MR) is 68.4 cm³/mol. The van der Waals surface area contributed by atoms with E-state index in [9.17, 15) is 0 Å². The molecule has 0 bridgehead atoms. The third kappa shape index (κ3) is 3.20. The van der Waals surface area contributed by atoms with Crippen molar-refractivity contribution in [2.45, 2.75) is 31.8 Å². The van der Waals surface area contributed by atoms with Gasteiger partial charge in [0.05, 0.1) is 6.61 Å². The highest BCUT2D eigenvalue weighted by atomic mass is 16.5. The van der Waals surface area contributed by atoms with Gasteiger partial charge in [0.15, 0.2) is 0 Å². The second kappa shape index (κ2) is 6.03. The molecule has 0 saturated heterocycles. The van der Waals surface area contributed by atoms with Crippen molar-refractivity contribution < 1.29 is 9.47 Å². The summed E-state index contributed by atoms with van der Waals surface area (Å²) in [7, 11) is 1.67. The van der Waals surface area contributed by atoms with Gasteiger partial charge in [-0.3, -0.25) is 0 Å². The number of nitrogens with two attached hydrogens (primary N) is 1. The molecule has 1 aliphatic carbocycles. The van der Waals surface area contributed by atoms with Crippen LogP contribution in [0.25, 0.3) is 0 Å². The first-order chi connectivity index (χ1) is 8.33. The Morgan fingerprint density at radius 1 is 1.24 bits per heavy atom. The Balaban J connectivity index is 2.05. The summed E-state index contributed by atoms with van der Waals surface area (Å²) in [5.74, 6) is 0.915. The zero-order chi connectivity index (χ0) is 12.1. The van der Waals surface area contributed by atoms with E-state index in [1.807, 2.05) is 6.07 Å². The summed E-state index contributed by atoms with van der Waals surface area (Å²) in [6.45, 7) is 1.01. The fourth-order valence-corrected chi connectivity index (χ4v) is 2.31. The lowest BCUT2D eigenvalue weighted by molar-refractivity contribution is 0.0859. The molecule has 0 aliphatic heterocycles. The lowest BCUT2D eigenvalue weighted by Gasteiger charge is -2.20. The minimum Gasteiger partial charge on any atom is -0.487 e. The molecule has 17 heavy (non-hydrogen) atoms. The highest BCUT2D eigenvalue weighted by Crippen LogP contribution is 2.25. The molecular weight excluding hydrogens is 214 g/mol. The highest BCUT2D eigenvalue weighted by molar-refractivity contribution is 5.37. The molecule has 1 aliphatic rings. The smallest absolute Gasteiger partial charge is 0.134 e. The summed E-state index contributed by atoms with van der Waals surface area (Å²) in [5, 5.41) is 0. The van der Waals surface area contributed by atoms with Crippen LogP contribution in [-0.2, 0) is 17.6 Å². The minimum absolute atomic E-state index is 0.0540. The molecule has 1 unspecified atom stereocenters. The number of fused-ring (bicyclic) bond motifs is 1. The average Bonchev–Trinajstić information content (AvgIpc) is 2.38. The van der Waals surface area contributed by atoms with Gasteiger partial charge in [0.2, 0.25) is 0 Å². The topological polar surface area (TPSA) is 44.5 Å². The van der Waals surface area contributed by atoms with Gasteiger partial charge in [0.1, 0.15) is 11.9 Å². The van der Waals surface area contributed by atoms with E-state index in [1.165, 1.54) is 36.8 Å². The fourth-order valence-electron chi connectivity index (χ4n) is 2.31. The molecule has 0 aromatic heterocycles. The predicted octanol–water partition coefficient (Wildman–Crippen LogP) is 1.92. The van der Waals surface area contributed by atoms with Crippen molar-refractivity contribution in [3.8, 4) is 5.75 Å². The number of aryl methyl sites for hydroxylation is 2. The first kappa shape index (κ1) is 12.4. The maximum Gasteiger partial charge on any atom is 0.134 e. The van der Waals surface area contributed by atoms with Gasteiger partial charge in [0.25, 0.3) is 0 Å². The van der Waals surface area contributed by atoms with E-state index in [1.54, 1.807) is 7.11 Å². The first-order valence-corrected chi connectivity index (χ1v) is 6.31. The second-order valence-corrected chi connectivity index (χ2v) is 4.57. The number of hydrogen-bond donors (Lipinski definition) is 1. The lowest BCUT2D eigenvalue weighted by atomic mass is 9.92. The van der Waals surface area contributed by atoms with E-state index in [2.05, 4.69) is 12.1 Å². The molecule has 2 rings (SSSR count). The van der Waals surface area contributed by atoms with E-state index < -0.39 is 0 Å². The molecule has 3 heteroatoms. The largest absolute Gasteiger partial charge is 0.487 e. The van der Waals surface area contributed by atoms with Crippen LogP contribution in [0.4, 0.5) is 0 Å². The van der Waals surface area contributed by atoms with Crippen LogP contribution in [0.2, 0.25) is 0 Å². The highest BCUT2D eigenvalue weighted by Gasteiger charge is 2.12. The standard InChI is InChI=1S/C14H21NO2/c1-16-10-14(9-15)17-13-7-6-11-4-2-3-5-12(11)8-13/h6-8,14H,2-5,9-10,15H2,1H3. The second-order valence-electron chi connectivity index (χ2n) is 4.57. The molecule has 3 nitrogen and oxygen atoms in total. The Bertz CT molecular complexity index is 365. The molecule has 0 amide bonds. The van der Waals surface area contributed by atoms with Crippen molar-refractivity contribution in [2.75, 3.05) is 20.3 Å². The minimum atomic E-state index is -0.0540. The van der Waals surface area contributed by atoms with Gasteiger partial charge in [0, 0.05) is 13.7 Å². The van der Waals surface area contributed by atoms with Gasteiger partial charge in [-0.1, -0.05) is 6.07 Å². The third-order valence-electron chi connectivity index (χ3n) is 3.24. The molecule has 94 valence electrons. The molecule has 1 atom stereocenters. The molecule has 0 saturated carbocycles. The quantitative estimate of drug-likeness (QED) is 0.848. The Labute approximate surface area is 103 Å². The van der Waals surface area contributed by atoms with E-state index in [0.717, 1.165) is 5.75 Å². The van der Waals surface area contributed by atoms with Gasteiger partial charge in [-0.2, -0.15) is 0 Å². The maximum absolute atomic E-state index is 5.82. The third-order valence-corrected chi connectivity index (χ3v) is 3.24. The zero-order valence-electron chi connectivity index (χ0n) is 10.4. The molecule has 0 spiro atoms. The molecule has 1 aromatic rings. The van der Waals surface area contributed by atoms with Crippen molar-refractivity contribution in [1.29, 1.82) is 0 Å². The molecule has 2 N–H and O–H groups in total. The number of benzene rings is 1. The molecule has 0 fully saturated rings. The monoisotopic (exact) mass is 235 g/mol. The Hall–Kier alpha value is -1.06. The number of ether oxygens (including phenoxy) is 2. The molecule has 0 radical (unpaired) electrons. The Morgan fingerprint density at radius 3 is 2.71 bits per heavy atom. The first-order valence-electron chi connectivity index (χ1n) is 6.31. The van der Waals surface area contributed by atoms with Crippen molar-refractivity contribution in [2.24, 2.45) is 5.73 Å². The van der Waals surface area contributed by atoms with Crippen LogP contribution in [-0.4, -0.2) is 26.4 Å². The van der Waals surface area contributed by atoms with E-state index in [4.69, 9.17) is 15.2 Å². The van der Waals surface area contributed by atoms with E-state index >= 15 is 0 Å². The SMILES string of the molecule is COCC(CN)Oc1ccc2c(c1)CCCC2. The number of hydrogen-bond acceptors (Lipinski definition) is 3. The average molecular weight is 235 g/mol. The summed E-state index contributed by atoms with van der Waals surface area (Å²) in [4.78, 5) is 0. The summed E-state index contributed by atoms with van der Waals surface area (Å²) in [5.41, 5.74) is 8.54. The van der Waals surface area contributed by atoms with Crippen LogP contribution in [0, 0.1) is 0 Å². The Kier molecular flexibility index (Phi) is 4.40. The van der Waals surface area contributed by atoms with Gasteiger partial charge < -0.3 is 15.2 Å². The number of rotatable bonds is 5. The van der Waals surface area contributed by atoms with Crippen LogP contribution in [0.15, 0.2) is 18.2 Å². The van der Waals surface area contributed by atoms with E-state index in [0.29, 0.717) is 13.2 Å². The normalized spacial score (nSPS) is 16.4. The van der Waals surface area contributed by atoms with Gasteiger partial charge in [-0.05, 0) is 48.9 Å². The maximum atomic E-state index is 5.82. The number of methoxy groups -OCH3 is 1. The molecule has 0 heterocycles. The fraction of sp³-hybridized carbons (Fsp3) is 0.571. The van der Waals surface area contributed by atoms with Gasteiger partial charge in [-0.25, -0.2) is 0 Å². The summed E-state index contributed by atoms with van der Waals surface area (Å²) in [6.07, 6.45) is 4.91. The van der Waals surface area contributed by atoms with Crippen molar-refractivity contribution >= 4 is 0 Å². The van der Waals surface area contributed by atoms with Crippen LogP contribution in [0.3, 0.4) is 0 Å². The Morgan fingerprint density at radius 2 is 2.00 bits per heavy atom. The van der Waals surface area contributed by atoms with E-state index in [-0.39, 0.29) is 6.10 Å².